The first kappa shape index (κ1) is 11.9. The number of aromatic nitrogens is 1. The van der Waals surface area contributed by atoms with E-state index in [-0.39, 0.29) is 5.91 Å². The zero-order valence-corrected chi connectivity index (χ0v) is 10.4. The van der Waals surface area contributed by atoms with Crippen molar-refractivity contribution in [2.45, 2.75) is 6.54 Å². The van der Waals surface area contributed by atoms with Crippen LogP contribution in [-0.4, -0.2) is 10.9 Å². The van der Waals surface area contributed by atoms with Gasteiger partial charge in [-0.15, -0.1) is 11.3 Å². The summed E-state index contributed by atoms with van der Waals surface area (Å²) in [6, 6.07) is 7.28. The Labute approximate surface area is 107 Å². The lowest BCUT2D eigenvalue weighted by Gasteiger charge is -2.03. The molecule has 6 heteroatoms. The van der Waals surface area contributed by atoms with Crippen molar-refractivity contribution < 1.29 is 4.79 Å². The van der Waals surface area contributed by atoms with Crippen molar-refractivity contribution in [1.82, 2.24) is 10.3 Å². The molecule has 4 nitrogen and oxygen atoms in total. The molecular weight excluding hydrogens is 258 g/mol. The van der Waals surface area contributed by atoms with Crippen LogP contribution in [0.2, 0.25) is 5.02 Å². The zero-order valence-electron chi connectivity index (χ0n) is 8.81. The van der Waals surface area contributed by atoms with Gasteiger partial charge in [0.2, 0.25) is 0 Å². The monoisotopic (exact) mass is 267 g/mol. The molecule has 0 aliphatic rings. The van der Waals surface area contributed by atoms with Crippen LogP contribution in [0.15, 0.2) is 29.6 Å². The van der Waals surface area contributed by atoms with E-state index in [2.05, 4.69) is 10.3 Å². The molecule has 1 aromatic carbocycles. The predicted octanol–water partition coefficient (Wildman–Crippen LogP) is 2.31. The Balaban J connectivity index is 1.94. The van der Waals surface area contributed by atoms with Crippen LogP contribution < -0.4 is 11.1 Å². The maximum atomic E-state index is 11.6. The van der Waals surface area contributed by atoms with Gasteiger partial charge in [-0.1, -0.05) is 23.7 Å². The molecule has 0 unspecified atom stereocenters. The summed E-state index contributed by atoms with van der Waals surface area (Å²) < 4.78 is 0. The quantitative estimate of drug-likeness (QED) is 0.897. The van der Waals surface area contributed by atoms with Gasteiger partial charge < -0.3 is 11.1 Å². The van der Waals surface area contributed by atoms with Crippen LogP contribution in [-0.2, 0) is 6.54 Å². The molecule has 0 aliphatic carbocycles. The average Bonchev–Trinajstić information content (AvgIpc) is 2.75. The van der Waals surface area contributed by atoms with Crippen LogP contribution in [0.4, 0.5) is 5.13 Å². The summed E-state index contributed by atoms with van der Waals surface area (Å²) in [6.45, 7) is 0.438. The number of nitrogen functional groups attached to an aromatic ring is 1. The lowest BCUT2D eigenvalue weighted by atomic mass is 10.2. The number of amides is 1. The Morgan fingerprint density at radius 1 is 1.41 bits per heavy atom. The summed E-state index contributed by atoms with van der Waals surface area (Å²) in [5, 5.41) is 5.45. The highest BCUT2D eigenvalue weighted by Crippen LogP contribution is 2.12. The van der Waals surface area contributed by atoms with Gasteiger partial charge in [-0.3, -0.25) is 4.79 Å². The first-order valence-electron chi connectivity index (χ1n) is 4.89. The lowest BCUT2D eigenvalue weighted by molar-refractivity contribution is 0.0946. The van der Waals surface area contributed by atoms with Gasteiger partial charge in [-0.25, -0.2) is 4.98 Å². The second-order valence-corrected chi connectivity index (χ2v) is 4.71. The fourth-order valence-electron chi connectivity index (χ4n) is 1.27. The van der Waals surface area contributed by atoms with E-state index in [4.69, 9.17) is 17.3 Å². The summed E-state index contributed by atoms with van der Waals surface area (Å²) in [4.78, 5) is 15.5. The van der Waals surface area contributed by atoms with Crippen LogP contribution in [0, 0.1) is 0 Å². The van der Waals surface area contributed by atoms with Crippen LogP contribution in [0.5, 0.6) is 0 Å². The first-order valence-corrected chi connectivity index (χ1v) is 6.14. The number of benzene rings is 1. The third-order valence-corrected chi connectivity index (χ3v) is 3.05. The third-order valence-electron chi connectivity index (χ3n) is 2.12. The molecule has 0 aliphatic heterocycles. The fraction of sp³-hybridized carbons (Fsp3) is 0.0909. The summed E-state index contributed by atoms with van der Waals surface area (Å²) in [5.74, 6) is -0.229. The second-order valence-electron chi connectivity index (χ2n) is 3.38. The van der Waals surface area contributed by atoms with Crippen molar-refractivity contribution >= 4 is 34.0 Å². The Morgan fingerprint density at radius 3 is 2.71 bits per heavy atom. The Kier molecular flexibility index (Phi) is 3.61. The molecule has 1 aromatic heterocycles. The smallest absolute Gasteiger partial charge is 0.271 e. The molecule has 3 N–H and O–H groups in total. The topological polar surface area (TPSA) is 68.0 Å². The molecule has 2 aromatic rings. The lowest BCUT2D eigenvalue weighted by Crippen LogP contribution is -2.23. The van der Waals surface area contributed by atoms with Gasteiger partial charge in [0.1, 0.15) is 5.69 Å². The maximum absolute atomic E-state index is 11.6. The van der Waals surface area contributed by atoms with Gasteiger partial charge >= 0.3 is 0 Å². The molecular formula is C11H10ClN3OS. The number of nitrogens with zero attached hydrogens (tertiary/aromatic N) is 1. The van der Waals surface area contributed by atoms with E-state index in [0.717, 1.165) is 5.56 Å². The van der Waals surface area contributed by atoms with E-state index < -0.39 is 0 Å². The third kappa shape index (κ3) is 3.18. The van der Waals surface area contributed by atoms with Crippen molar-refractivity contribution in [2.24, 2.45) is 0 Å². The molecule has 0 saturated carbocycles. The Morgan fingerprint density at radius 2 is 2.12 bits per heavy atom. The normalized spacial score (nSPS) is 10.2. The molecule has 0 fully saturated rings. The number of rotatable bonds is 3. The van der Waals surface area contributed by atoms with E-state index >= 15 is 0 Å². The van der Waals surface area contributed by atoms with Gasteiger partial charge in [-0.2, -0.15) is 0 Å². The van der Waals surface area contributed by atoms with Crippen LogP contribution in [0.1, 0.15) is 16.1 Å². The van der Waals surface area contributed by atoms with E-state index in [1.807, 2.05) is 12.1 Å². The van der Waals surface area contributed by atoms with Gasteiger partial charge in [0.25, 0.3) is 5.91 Å². The second kappa shape index (κ2) is 5.16. The van der Waals surface area contributed by atoms with Crippen LogP contribution >= 0.6 is 22.9 Å². The fourth-order valence-corrected chi connectivity index (χ4v) is 1.94. The number of carbonyl (C=O) groups excluding carboxylic acids is 1. The number of hydrogen-bond donors (Lipinski definition) is 2. The maximum Gasteiger partial charge on any atom is 0.271 e. The molecule has 0 spiro atoms. The summed E-state index contributed by atoms with van der Waals surface area (Å²) >= 11 is 7.01. The molecule has 1 heterocycles. The van der Waals surface area contributed by atoms with Crippen molar-refractivity contribution in [2.75, 3.05) is 5.73 Å². The number of anilines is 1. The highest BCUT2D eigenvalue weighted by molar-refractivity contribution is 7.13. The Bertz CT molecular complexity index is 524. The molecule has 17 heavy (non-hydrogen) atoms. The van der Waals surface area contributed by atoms with E-state index in [1.165, 1.54) is 11.3 Å². The minimum atomic E-state index is -0.229. The van der Waals surface area contributed by atoms with E-state index in [1.54, 1.807) is 17.5 Å². The minimum Gasteiger partial charge on any atom is -0.375 e. The molecule has 1 amide bonds. The number of hydrogen-bond acceptors (Lipinski definition) is 4. The Hall–Kier alpha value is -1.59. The molecule has 0 bridgehead atoms. The van der Waals surface area contributed by atoms with Crippen molar-refractivity contribution in [3.8, 4) is 0 Å². The van der Waals surface area contributed by atoms with E-state index in [9.17, 15) is 4.79 Å². The van der Waals surface area contributed by atoms with Gasteiger partial charge in [0.05, 0.1) is 0 Å². The standard InChI is InChI=1S/C11H10ClN3OS/c12-8-3-1-7(2-4-8)5-14-10(16)9-6-17-11(13)15-9/h1-4,6H,5H2,(H2,13,15)(H,14,16). The SMILES string of the molecule is Nc1nc(C(=O)NCc2ccc(Cl)cc2)cs1. The largest absolute Gasteiger partial charge is 0.375 e. The van der Waals surface area contributed by atoms with Gasteiger partial charge in [0, 0.05) is 16.9 Å². The number of carbonyl (C=O) groups is 1. The summed E-state index contributed by atoms with van der Waals surface area (Å²) in [5.41, 5.74) is 6.78. The highest BCUT2D eigenvalue weighted by atomic mass is 35.5. The van der Waals surface area contributed by atoms with Crippen LogP contribution in [0.3, 0.4) is 0 Å². The van der Waals surface area contributed by atoms with Crippen LogP contribution in [0.25, 0.3) is 0 Å². The number of nitrogens with one attached hydrogen (secondary N) is 1. The molecule has 88 valence electrons. The van der Waals surface area contributed by atoms with E-state index in [0.29, 0.717) is 22.4 Å². The zero-order chi connectivity index (χ0) is 12.3. The first-order chi connectivity index (χ1) is 8.15. The van der Waals surface area contributed by atoms with Gasteiger partial charge in [-0.05, 0) is 17.7 Å². The molecule has 0 radical (unpaired) electrons. The van der Waals surface area contributed by atoms with Crippen molar-refractivity contribution in [3.63, 3.8) is 0 Å². The highest BCUT2D eigenvalue weighted by Gasteiger charge is 2.08. The summed E-state index contributed by atoms with van der Waals surface area (Å²) in [6.07, 6.45) is 0. The summed E-state index contributed by atoms with van der Waals surface area (Å²) in [7, 11) is 0. The number of thiazole rings is 1. The van der Waals surface area contributed by atoms with Crippen molar-refractivity contribution in [1.29, 1.82) is 0 Å². The average molecular weight is 268 g/mol. The molecule has 0 atom stereocenters. The van der Waals surface area contributed by atoms with Gasteiger partial charge in [0.15, 0.2) is 5.13 Å². The predicted molar refractivity (Wildman–Crippen MR) is 69.1 cm³/mol. The molecule has 2 rings (SSSR count). The number of halogens is 1. The molecule has 0 saturated heterocycles. The minimum absolute atomic E-state index is 0.229. The number of nitrogens with two attached hydrogens (primary N) is 1. The van der Waals surface area contributed by atoms with Crippen molar-refractivity contribution in [3.05, 3.63) is 45.9 Å².